The minimum atomic E-state index is 0.613. The fourth-order valence-electron chi connectivity index (χ4n) is 1.17. The number of rotatable bonds is 5. The highest BCUT2D eigenvalue weighted by molar-refractivity contribution is 5.56. The summed E-state index contributed by atoms with van der Waals surface area (Å²) in [6.07, 6.45) is 0. The van der Waals surface area contributed by atoms with E-state index in [0.29, 0.717) is 5.82 Å². The fourth-order valence-corrected chi connectivity index (χ4v) is 1.17. The van der Waals surface area contributed by atoms with Gasteiger partial charge in [0.1, 0.15) is 11.6 Å². The van der Waals surface area contributed by atoms with Gasteiger partial charge in [0, 0.05) is 13.1 Å². The zero-order valence-corrected chi connectivity index (χ0v) is 9.09. The third-order valence-corrected chi connectivity index (χ3v) is 2.18. The summed E-state index contributed by atoms with van der Waals surface area (Å²) < 4.78 is 0. The van der Waals surface area contributed by atoms with Gasteiger partial charge in [-0.2, -0.15) is 0 Å². The molecule has 0 aliphatic rings. The highest BCUT2D eigenvalue weighted by Gasteiger charge is 2.03. The van der Waals surface area contributed by atoms with E-state index in [1.165, 1.54) is 0 Å². The van der Waals surface area contributed by atoms with Gasteiger partial charge in [-0.15, -0.1) is 0 Å². The van der Waals surface area contributed by atoms with Crippen LogP contribution in [0.1, 0.15) is 12.7 Å². The average molecular weight is 197 g/mol. The van der Waals surface area contributed by atoms with Crippen molar-refractivity contribution in [2.24, 2.45) is 0 Å². The summed E-state index contributed by atoms with van der Waals surface area (Å²) in [7, 11) is 2.08. The average Bonchev–Trinajstić information content (AvgIpc) is 2.45. The second-order valence-electron chi connectivity index (χ2n) is 3.41. The first-order valence-electron chi connectivity index (χ1n) is 4.88. The Balaban J connectivity index is 2.34. The molecule has 4 N–H and O–H groups in total. The van der Waals surface area contributed by atoms with E-state index in [0.717, 1.165) is 31.3 Å². The molecule has 80 valence electrons. The van der Waals surface area contributed by atoms with E-state index in [9.17, 15) is 0 Å². The summed E-state index contributed by atoms with van der Waals surface area (Å²) in [4.78, 5) is 9.40. The summed E-state index contributed by atoms with van der Waals surface area (Å²) in [6, 6.07) is 0. The molecular weight excluding hydrogens is 178 g/mol. The van der Waals surface area contributed by atoms with Crippen LogP contribution in [-0.2, 0) is 0 Å². The number of aryl methyl sites for hydroxylation is 1. The number of nitrogen functional groups attached to an aromatic ring is 1. The third-order valence-electron chi connectivity index (χ3n) is 2.18. The highest BCUT2D eigenvalue weighted by atomic mass is 15.1. The molecule has 0 saturated carbocycles. The fraction of sp³-hybridized carbons (Fsp3) is 0.667. The number of aromatic amines is 1. The van der Waals surface area contributed by atoms with Crippen LogP contribution in [0.5, 0.6) is 0 Å². The van der Waals surface area contributed by atoms with Gasteiger partial charge < -0.3 is 20.9 Å². The molecule has 0 saturated heterocycles. The second kappa shape index (κ2) is 4.85. The van der Waals surface area contributed by atoms with Crippen LogP contribution in [-0.4, -0.2) is 41.5 Å². The van der Waals surface area contributed by atoms with E-state index in [1.807, 2.05) is 6.92 Å². The van der Waals surface area contributed by atoms with Gasteiger partial charge in [0.05, 0.1) is 0 Å². The van der Waals surface area contributed by atoms with E-state index >= 15 is 0 Å². The van der Waals surface area contributed by atoms with Crippen molar-refractivity contribution in [1.29, 1.82) is 0 Å². The molecule has 0 aromatic carbocycles. The minimum Gasteiger partial charge on any atom is -0.382 e. The molecule has 14 heavy (non-hydrogen) atoms. The number of nitrogens with one attached hydrogen (secondary N) is 2. The predicted octanol–water partition coefficient (Wildman–Crippen LogP) is 0.664. The molecule has 1 heterocycles. The van der Waals surface area contributed by atoms with Crippen LogP contribution in [0.15, 0.2) is 0 Å². The molecule has 0 amide bonds. The van der Waals surface area contributed by atoms with E-state index < -0.39 is 0 Å². The minimum absolute atomic E-state index is 0.613. The molecular formula is C9H19N5. The molecule has 0 radical (unpaired) electrons. The largest absolute Gasteiger partial charge is 0.382 e. The topological polar surface area (TPSA) is 70.0 Å². The molecule has 0 aliphatic heterocycles. The Kier molecular flexibility index (Phi) is 3.76. The normalized spacial score (nSPS) is 10.9. The van der Waals surface area contributed by atoms with Crippen LogP contribution >= 0.6 is 0 Å². The number of aromatic nitrogens is 2. The second-order valence-corrected chi connectivity index (χ2v) is 3.41. The molecule has 0 atom stereocenters. The maximum atomic E-state index is 5.70. The van der Waals surface area contributed by atoms with Crippen LogP contribution < -0.4 is 11.1 Å². The van der Waals surface area contributed by atoms with Gasteiger partial charge in [-0.3, -0.25) is 0 Å². The molecule has 0 bridgehead atoms. The van der Waals surface area contributed by atoms with Crippen LogP contribution in [0.4, 0.5) is 11.6 Å². The van der Waals surface area contributed by atoms with Crippen LogP contribution in [0.25, 0.3) is 0 Å². The third kappa shape index (κ3) is 2.92. The standard InChI is InChI=1S/C9H19N5/c1-4-14(3)6-5-11-9-8(10)12-7(2)13-9/h11H,4-6,10H2,1-3H3,(H,12,13). The van der Waals surface area contributed by atoms with Crippen LogP contribution in [0.3, 0.4) is 0 Å². The van der Waals surface area contributed by atoms with Gasteiger partial charge in [0.15, 0.2) is 5.82 Å². The number of nitrogens with two attached hydrogens (primary N) is 1. The molecule has 0 unspecified atom stereocenters. The lowest BCUT2D eigenvalue weighted by Crippen LogP contribution is -2.24. The number of nitrogens with zero attached hydrogens (tertiary/aromatic N) is 2. The Morgan fingerprint density at radius 2 is 2.29 bits per heavy atom. The lowest BCUT2D eigenvalue weighted by atomic mass is 10.5. The molecule has 0 aliphatic carbocycles. The summed E-state index contributed by atoms with van der Waals surface area (Å²) in [5, 5.41) is 3.19. The highest BCUT2D eigenvalue weighted by Crippen LogP contribution is 2.12. The Morgan fingerprint density at radius 1 is 1.57 bits per heavy atom. The SMILES string of the molecule is CCN(C)CCNc1nc(C)[nH]c1N. The Hall–Kier alpha value is -1.23. The number of hydrogen-bond acceptors (Lipinski definition) is 4. The number of anilines is 2. The lowest BCUT2D eigenvalue weighted by Gasteiger charge is -2.13. The molecule has 0 fully saturated rings. The number of H-pyrrole nitrogens is 1. The summed E-state index contributed by atoms with van der Waals surface area (Å²) in [5.41, 5.74) is 5.70. The summed E-state index contributed by atoms with van der Waals surface area (Å²) >= 11 is 0. The van der Waals surface area contributed by atoms with E-state index in [1.54, 1.807) is 0 Å². The van der Waals surface area contributed by atoms with Gasteiger partial charge in [-0.25, -0.2) is 4.98 Å². The molecule has 1 aromatic rings. The molecule has 0 spiro atoms. The zero-order valence-electron chi connectivity index (χ0n) is 9.09. The Morgan fingerprint density at radius 3 is 2.79 bits per heavy atom. The van der Waals surface area contributed by atoms with Crippen molar-refractivity contribution in [3.8, 4) is 0 Å². The van der Waals surface area contributed by atoms with Gasteiger partial charge in [0.2, 0.25) is 0 Å². The summed E-state index contributed by atoms with van der Waals surface area (Å²) in [5.74, 6) is 2.21. The molecule has 5 heteroatoms. The van der Waals surface area contributed by atoms with Crippen LogP contribution in [0, 0.1) is 6.92 Å². The number of imidazole rings is 1. The van der Waals surface area contributed by atoms with Crippen LogP contribution in [0.2, 0.25) is 0 Å². The van der Waals surface area contributed by atoms with Crippen molar-refractivity contribution in [3.63, 3.8) is 0 Å². The number of hydrogen-bond donors (Lipinski definition) is 3. The van der Waals surface area contributed by atoms with Crippen molar-refractivity contribution >= 4 is 11.6 Å². The van der Waals surface area contributed by atoms with Crippen molar-refractivity contribution in [2.75, 3.05) is 37.7 Å². The molecule has 1 aromatic heterocycles. The first-order chi connectivity index (χ1) is 6.63. The predicted molar refractivity (Wildman–Crippen MR) is 59.4 cm³/mol. The zero-order chi connectivity index (χ0) is 10.6. The monoisotopic (exact) mass is 197 g/mol. The van der Waals surface area contributed by atoms with E-state index in [2.05, 4.69) is 34.2 Å². The van der Waals surface area contributed by atoms with Gasteiger partial charge in [0.25, 0.3) is 0 Å². The van der Waals surface area contributed by atoms with Crippen molar-refractivity contribution < 1.29 is 0 Å². The Bertz CT molecular complexity index is 281. The molecule has 1 rings (SSSR count). The maximum Gasteiger partial charge on any atom is 0.168 e. The van der Waals surface area contributed by atoms with E-state index in [-0.39, 0.29) is 0 Å². The van der Waals surface area contributed by atoms with E-state index in [4.69, 9.17) is 5.73 Å². The van der Waals surface area contributed by atoms with Crippen molar-refractivity contribution in [1.82, 2.24) is 14.9 Å². The summed E-state index contributed by atoms with van der Waals surface area (Å²) in [6.45, 7) is 6.92. The maximum absolute atomic E-state index is 5.70. The molecule has 5 nitrogen and oxygen atoms in total. The first kappa shape index (κ1) is 10.8. The smallest absolute Gasteiger partial charge is 0.168 e. The van der Waals surface area contributed by atoms with Gasteiger partial charge >= 0.3 is 0 Å². The first-order valence-corrected chi connectivity index (χ1v) is 4.88. The quantitative estimate of drug-likeness (QED) is 0.648. The lowest BCUT2D eigenvalue weighted by molar-refractivity contribution is 0.367. The van der Waals surface area contributed by atoms with Crippen molar-refractivity contribution in [2.45, 2.75) is 13.8 Å². The van der Waals surface area contributed by atoms with Gasteiger partial charge in [-0.1, -0.05) is 6.92 Å². The van der Waals surface area contributed by atoms with Gasteiger partial charge in [-0.05, 0) is 20.5 Å². The Labute approximate surface area is 84.7 Å². The van der Waals surface area contributed by atoms with Crippen molar-refractivity contribution in [3.05, 3.63) is 5.82 Å². The number of likely N-dealkylation sites (N-methyl/N-ethyl adjacent to an activating group) is 1.